The van der Waals surface area contributed by atoms with Gasteiger partial charge >= 0.3 is 0 Å². The van der Waals surface area contributed by atoms with Crippen LogP contribution in [0.15, 0.2) is 12.2 Å². The van der Waals surface area contributed by atoms with E-state index in [0.717, 1.165) is 25.5 Å². The van der Waals surface area contributed by atoms with Crippen LogP contribution in [0.25, 0.3) is 0 Å². The Bertz CT molecular complexity index is 201. The van der Waals surface area contributed by atoms with Crippen molar-refractivity contribution in [2.45, 2.75) is 64.9 Å². The average molecular weight is 226 g/mol. The van der Waals surface area contributed by atoms with Crippen LogP contribution in [-0.2, 0) is 4.79 Å². The number of hydrogen-bond acceptors (Lipinski definition) is 2. The summed E-state index contributed by atoms with van der Waals surface area (Å²) in [5.74, 6) is 0.708. The molecule has 1 aliphatic carbocycles. The molecule has 1 unspecified atom stereocenters. The molecule has 0 aromatic carbocycles. The Hall–Kier alpha value is -0.630. The van der Waals surface area contributed by atoms with Gasteiger partial charge in [0.25, 0.3) is 0 Å². The van der Waals surface area contributed by atoms with Crippen molar-refractivity contribution in [3.63, 3.8) is 0 Å². The monoisotopic (exact) mass is 226 g/mol. The summed E-state index contributed by atoms with van der Waals surface area (Å²) in [7, 11) is 0. The molecule has 0 aliphatic heterocycles. The average Bonchev–Trinajstić information content (AvgIpc) is 2.19. The third-order valence-corrected chi connectivity index (χ3v) is 2.57. The summed E-state index contributed by atoms with van der Waals surface area (Å²) in [6.45, 7) is 5.77. The number of hydrogen-bond donors (Lipinski definition) is 1. The van der Waals surface area contributed by atoms with E-state index in [1.807, 2.05) is 20.8 Å². The van der Waals surface area contributed by atoms with Gasteiger partial charge in [-0.05, 0) is 51.9 Å². The van der Waals surface area contributed by atoms with Crippen LogP contribution in [0.3, 0.4) is 0 Å². The summed E-state index contributed by atoms with van der Waals surface area (Å²) in [6.07, 6.45) is 11.6. The van der Waals surface area contributed by atoms with E-state index in [9.17, 15) is 9.90 Å². The summed E-state index contributed by atoms with van der Waals surface area (Å²) in [5, 5.41) is 9.55. The van der Waals surface area contributed by atoms with Crippen LogP contribution in [0.2, 0.25) is 0 Å². The zero-order chi connectivity index (χ0) is 12.4. The summed E-state index contributed by atoms with van der Waals surface area (Å²) >= 11 is 0. The molecular weight excluding hydrogens is 200 g/mol. The van der Waals surface area contributed by atoms with Gasteiger partial charge in [0.2, 0.25) is 0 Å². The number of unbranched alkanes of at least 4 members (excludes halogenated alkanes) is 1. The Labute approximate surface area is 99.7 Å². The lowest BCUT2D eigenvalue weighted by molar-refractivity contribution is -0.107. The molecule has 1 aliphatic rings. The van der Waals surface area contributed by atoms with Crippen molar-refractivity contribution in [3.05, 3.63) is 12.2 Å². The molecule has 1 atom stereocenters. The van der Waals surface area contributed by atoms with E-state index in [4.69, 9.17) is 0 Å². The van der Waals surface area contributed by atoms with Gasteiger partial charge in [0.15, 0.2) is 0 Å². The molecule has 1 rings (SSSR count). The predicted molar refractivity (Wildman–Crippen MR) is 68.4 cm³/mol. The van der Waals surface area contributed by atoms with Gasteiger partial charge in [0.1, 0.15) is 6.29 Å². The van der Waals surface area contributed by atoms with Crippen LogP contribution in [-0.4, -0.2) is 17.0 Å². The second-order valence-electron chi connectivity index (χ2n) is 5.12. The Morgan fingerprint density at radius 2 is 2.12 bits per heavy atom. The number of rotatable bonds is 4. The van der Waals surface area contributed by atoms with Crippen LogP contribution in [0, 0.1) is 5.92 Å². The first-order chi connectivity index (χ1) is 7.49. The van der Waals surface area contributed by atoms with Crippen molar-refractivity contribution < 1.29 is 9.90 Å². The molecule has 0 aromatic heterocycles. The minimum absolute atomic E-state index is 0.476. The Kier molecular flexibility index (Phi) is 8.18. The highest BCUT2D eigenvalue weighted by atomic mass is 16.3. The third kappa shape index (κ3) is 9.91. The van der Waals surface area contributed by atoms with E-state index >= 15 is 0 Å². The van der Waals surface area contributed by atoms with Crippen LogP contribution in [0.1, 0.15) is 59.3 Å². The molecule has 16 heavy (non-hydrogen) atoms. The normalized spacial score (nSPS) is 19.9. The fraction of sp³-hybridized carbons (Fsp3) is 0.786. The fourth-order valence-corrected chi connectivity index (χ4v) is 1.87. The lowest BCUT2D eigenvalue weighted by Crippen LogP contribution is -2.23. The largest absolute Gasteiger partial charge is 0.390 e. The Morgan fingerprint density at radius 3 is 2.44 bits per heavy atom. The number of carbonyl (C=O) groups is 1. The summed E-state index contributed by atoms with van der Waals surface area (Å²) in [5.41, 5.74) is -0.476. The number of aldehydes is 1. The highest BCUT2D eigenvalue weighted by Gasteiger charge is 2.19. The van der Waals surface area contributed by atoms with Gasteiger partial charge in [0, 0.05) is 6.42 Å². The zero-order valence-corrected chi connectivity index (χ0v) is 10.9. The molecule has 0 saturated carbocycles. The van der Waals surface area contributed by atoms with Crippen LogP contribution in [0.4, 0.5) is 0 Å². The standard InChI is InChI=1S/C10H18O.C4H8O/c1-10(2,11)8-9-6-4-3-5-7-9;1-2-3-4-5/h3-4,9,11H,5-8H2,1-2H3;4H,2-3H2,1H3. The van der Waals surface area contributed by atoms with Gasteiger partial charge in [-0.25, -0.2) is 0 Å². The molecule has 1 N–H and O–H groups in total. The van der Waals surface area contributed by atoms with Crippen molar-refractivity contribution in [1.82, 2.24) is 0 Å². The Morgan fingerprint density at radius 1 is 1.44 bits per heavy atom. The predicted octanol–water partition coefficient (Wildman–Crippen LogP) is 3.49. The highest BCUT2D eigenvalue weighted by Crippen LogP contribution is 2.26. The minimum atomic E-state index is -0.476. The van der Waals surface area contributed by atoms with Gasteiger partial charge in [-0.1, -0.05) is 19.1 Å². The van der Waals surface area contributed by atoms with Gasteiger partial charge < -0.3 is 9.90 Å². The summed E-state index contributed by atoms with van der Waals surface area (Å²) in [6, 6.07) is 0. The first-order valence-corrected chi connectivity index (χ1v) is 6.30. The third-order valence-electron chi connectivity index (χ3n) is 2.57. The van der Waals surface area contributed by atoms with Gasteiger partial charge in [-0.2, -0.15) is 0 Å². The molecule has 2 heteroatoms. The van der Waals surface area contributed by atoms with Gasteiger partial charge in [0.05, 0.1) is 5.60 Å². The van der Waals surface area contributed by atoms with E-state index < -0.39 is 5.60 Å². The maximum atomic E-state index is 9.55. The molecule has 0 radical (unpaired) electrons. The first kappa shape index (κ1) is 15.4. The van der Waals surface area contributed by atoms with Crippen molar-refractivity contribution in [2.75, 3.05) is 0 Å². The molecular formula is C14H26O2. The zero-order valence-electron chi connectivity index (χ0n) is 10.9. The maximum Gasteiger partial charge on any atom is 0.119 e. The molecule has 0 heterocycles. The van der Waals surface area contributed by atoms with E-state index in [-0.39, 0.29) is 0 Å². The highest BCUT2D eigenvalue weighted by molar-refractivity contribution is 5.48. The lowest BCUT2D eigenvalue weighted by atomic mass is 9.85. The molecule has 2 nitrogen and oxygen atoms in total. The molecule has 0 fully saturated rings. The SMILES string of the molecule is CC(C)(O)CC1CC=CCC1.CCCC=O. The number of carbonyl (C=O) groups excluding carboxylic acids is 1. The van der Waals surface area contributed by atoms with Crippen molar-refractivity contribution in [1.29, 1.82) is 0 Å². The molecule has 0 bridgehead atoms. The maximum absolute atomic E-state index is 9.55. The summed E-state index contributed by atoms with van der Waals surface area (Å²) < 4.78 is 0. The molecule has 94 valence electrons. The summed E-state index contributed by atoms with van der Waals surface area (Å²) in [4.78, 5) is 9.40. The van der Waals surface area contributed by atoms with E-state index in [1.54, 1.807) is 0 Å². The first-order valence-electron chi connectivity index (χ1n) is 6.30. The minimum Gasteiger partial charge on any atom is -0.390 e. The molecule has 0 saturated heterocycles. The number of aliphatic hydroxyl groups is 1. The topological polar surface area (TPSA) is 37.3 Å². The van der Waals surface area contributed by atoms with Crippen LogP contribution < -0.4 is 0 Å². The smallest absolute Gasteiger partial charge is 0.119 e. The van der Waals surface area contributed by atoms with Crippen molar-refractivity contribution in [3.8, 4) is 0 Å². The molecule has 0 spiro atoms. The van der Waals surface area contributed by atoms with Crippen LogP contribution >= 0.6 is 0 Å². The Balaban J connectivity index is 0.000000385. The van der Waals surface area contributed by atoms with Crippen LogP contribution in [0.5, 0.6) is 0 Å². The lowest BCUT2D eigenvalue weighted by Gasteiger charge is -2.25. The second kappa shape index (κ2) is 8.51. The van der Waals surface area contributed by atoms with E-state index in [0.29, 0.717) is 12.3 Å². The fourth-order valence-electron chi connectivity index (χ4n) is 1.87. The second-order valence-corrected chi connectivity index (χ2v) is 5.12. The van der Waals surface area contributed by atoms with Gasteiger partial charge in [-0.3, -0.25) is 0 Å². The number of allylic oxidation sites excluding steroid dienone is 2. The van der Waals surface area contributed by atoms with Crippen molar-refractivity contribution in [2.24, 2.45) is 5.92 Å². The molecule has 0 amide bonds. The van der Waals surface area contributed by atoms with E-state index in [1.165, 1.54) is 12.8 Å². The quantitative estimate of drug-likeness (QED) is 0.588. The van der Waals surface area contributed by atoms with Crippen molar-refractivity contribution >= 4 is 6.29 Å². The van der Waals surface area contributed by atoms with E-state index in [2.05, 4.69) is 12.2 Å². The van der Waals surface area contributed by atoms with Gasteiger partial charge in [-0.15, -0.1) is 0 Å². The molecule has 0 aromatic rings.